The first-order valence-corrected chi connectivity index (χ1v) is 10.2. The predicted molar refractivity (Wildman–Crippen MR) is 117 cm³/mol. The summed E-state index contributed by atoms with van der Waals surface area (Å²) >= 11 is 0. The van der Waals surface area contributed by atoms with Gasteiger partial charge in [-0.15, -0.1) is 0 Å². The van der Waals surface area contributed by atoms with E-state index < -0.39 is 5.41 Å². The van der Waals surface area contributed by atoms with Crippen molar-refractivity contribution in [2.24, 2.45) is 5.41 Å². The number of likely N-dealkylation sites (tertiary alicyclic amines) is 1. The second-order valence-corrected chi connectivity index (χ2v) is 8.44. The molecule has 29 heavy (non-hydrogen) atoms. The summed E-state index contributed by atoms with van der Waals surface area (Å²) in [4.78, 5) is 27.5. The smallest absolute Gasteiger partial charge is 0.321 e. The van der Waals surface area contributed by atoms with Gasteiger partial charge in [0.15, 0.2) is 0 Å². The molecule has 0 aliphatic carbocycles. The number of nitrogens with zero attached hydrogens (tertiary/aromatic N) is 1. The van der Waals surface area contributed by atoms with Crippen LogP contribution >= 0.6 is 0 Å². The third-order valence-corrected chi connectivity index (χ3v) is 5.86. The fraction of sp³-hybridized carbons (Fsp3) is 0.417. The number of hydrogen-bond acceptors (Lipinski definition) is 2. The number of piperidine rings is 1. The van der Waals surface area contributed by atoms with Gasteiger partial charge in [0, 0.05) is 25.3 Å². The highest BCUT2D eigenvalue weighted by atomic mass is 16.2. The molecule has 2 N–H and O–H groups in total. The highest BCUT2D eigenvalue weighted by Gasteiger charge is 2.39. The number of aryl methyl sites for hydroxylation is 3. The van der Waals surface area contributed by atoms with Crippen LogP contribution in [-0.4, -0.2) is 29.9 Å². The van der Waals surface area contributed by atoms with Gasteiger partial charge in [0.05, 0.1) is 5.41 Å². The van der Waals surface area contributed by atoms with Gasteiger partial charge in [-0.3, -0.25) is 4.79 Å². The number of benzene rings is 2. The highest BCUT2D eigenvalue weighted by molar-refractivity contribution is 5.91. The summed E-state index contributed by atoms with van der Waals surface area (Å²) in [6.45, 7) is 9.61. The number of anilines is 1. The lowest BCUT2D eigenvalue weighted by molar-refractivity contribution is -0.132. The van der Waals surface area contributed by atoms with Crippen molar-refractivity contribution in [1.82, 2.24) is 10.2 Å². The fourth-order valence-corrected chi connectivity index (χ4v) is 3.94. The molecular weight excluding hydrogens is 362 g/mol. The van der Waals surface area contributed by atoms with E-state index in [1.165, 1.54) is 0 Å². The summed E-state index contributed by atoms with van der Waals surface area (Å²) in [5, 5.41) is 6.08. The maximum Gasteiger partial charge on any atom is 0.321 e. The summed E-state index contributed by atoms with van der Waals surface area (Å²) in [6.07, 6.45) is 1.59. The minimum Gasteiger partial charge on any atom is -0.351 e. The average molecular weight is 394 g/mol. The van der Waals surface area contributed by atoms with E-state index in [0.29, 0.717) is 19.6 Å². The molecule has 154 valence electrons. The lowest BCUT2D eigenvalue weighted by Gasteiger charge is -2.39. The molecule has 0 bridgehead atoms. The highest BCUT2D eigenvalue weighted by Crippen LogP contribution is 2.30. The van der Waals surface area contributed by atoms with Crippen LogP contribution in [0.1, 0.15) is 42.0 Å². The Balaban J connectivity index is 1.62. The van der Waals surface area contributed by atoms with E-state index in [1.807, 2.05) is 64.1 Å². The molecule has 1 saturated heterocycles. The van der Waals surface area contributed by atoms with Gasteiger partial charge in [0.1, 0.15) is 0 Å². The predicted octanol–water partition coefficient (Wildman–Crippen LogP) is 4.56. The number of urea groups is 1. The normalized spacial score (nSPS) is 19.0. The van der Waals surface area contributed by atoms with Gasteiger partial charge >= 0.3 is 6.03 Å². The lowest BCUT2D eigenvalue weighted by Crippen LogP contribution is -2.52. The Bertz CT molecular complexity index is 909. The molecule has 0 radical (unpaired) electrons. The van der Waals surface area contributed by atoms with Gasteiger partial charge in [0.25, 0.3) is 0 Å². The lowest BCUT2D eigenvalue weighted by atomic mass is 9.81. The molecule has 0 aromatic heterocycles. The number of hydrogen-bond donors (Lipinski definition) is 2. The Labute approximate surface area is 173 Å². The summed E-state index contributed by atoms with van der Waals surface area (Å²) in [6, 6.07) is 13.9. The summed E-state index contributed by atoms with van der Waals surface area (Å²) in [7, 11) is 0. The number of carbonyl (C=O) groups is 2. The van der Waals surface area contributed by atoms with Gasteiger partial charge in [-0.05, 0) is 63.3 Å². The van der Waals surface area contributed by atoms with E-state index in [1.54, 1.807) is 4.90 Å². The zero-order valence-electron chi connectivity index (χ0n) is 17.8. The molecule has 0 saturated carbocycles. The molecule has 3 amide bonds. The monoisotopic (exact) mass is 393 g/mol. The standard InChI is InChI=1S/C24H31N3O2/c1-17-10-11-21(19(3)14-17)26-23(29)27-13-7-12-24(4,16-27)22(28)25-15-20-9-6-5-8-18(20)2/h5-6,8-11,14H,7,12-13,15-16H2,1-4H3,(H,25,28)(H,26,29)/t24-/m1/s1. The van der Waals surface area contributed by atoms with Crippen molar-refractivity contribution in [2.45, 2.75) is 47.1 Å². The quantitative estimate of drug-likeness (QED) is 0.800. The van der Waals surface area contributed by atoms with Crippen LogP contribution in [-0.2, 0) is 11.3 Å². The number of amides is 3. The van der Waals surface area contributed by atoms with Crippen LogP contribution in [0.3, 0.4) is 0 Å². The van der Waals surface area contributed by atoms with Crippen LogP contribution in [0, 0.1) is 26.2 Å². The Morgan fingerprint density at radius 1 is 1.07 bits per heavy atom. The van der Waals surface area contributed by atoms with Crippen LogP contribution < -0.4 is 10.6 Å². The zero-order valence-corrected chi connectivity index (χ0v) is 17.8. The Kier molecular flexibility index (Phi) is 6.26. The summed E-state index contributed by atoms with van der Waals surface area (Å²) < 4.78 is 0. The van der Waals surface area contributed by atoms with E-state index in [-0.39, 0.29) is 11.9 Å². The van der Waals surface area contributed by atoms with Gasteiger partial charge in [-0.25, -0.2) is 4.79 Å². The van der Waals surface area contributed by atoms with Crippen molar-refractivity contribution >= 4 is 17.6 Å². The molecule has 1 aliphatic heterocycles. The van der Waals surface area contributed by atoms with E-state index in [4.69, 9.17) is 0 Å². The molecule has 1 aliphatic rings. The average Bonchev–Trinajstić information content (AvgIpc) is 2.69. The molecule has 1 heterocycles. The maximum atomic E-state index is 13.0. The Hall–Kier alpha value is -2.82. The number of nitrogens with one attached hydrogen (secondary N) is 2. The Morgan fingerprint density at radius 3 is 2.55 bits per heavy atom. The van der Waals surface area contributed by atoms with Crippen molar-refractivity contribution in [3.05, 3.63) is 64.7 Å². The van der Waals surface area contributed by atoms with Gasteiger partial charge < -0.3 is 15.5 Å². The third kappa shape index (κ3) is 4.97. The van der Waals surface area contributed by atoms with E-state index >= 15 is 0 Å². The molecule has 2 aromatic rings. The molecule has 3 rings (SSSR count). The van der Waals surface area contributed by atoms with Crippen molar-refractivity contribution in [1.29, 1.82) is 0 Å². The summed E-state index contributed by atoms with van der Waals surface area (Å²) in [5.74, 6) is 0.00442. The summed E-state index contributed by atoms with van der Waals surface area (Å²) in [5.41, 5.74) is 4.71. The van der Waals surface area contributed by atoms with Crippen LogP contribution in [0.4, 0.5) is 10.5 Å². The van der Waals surface area contributed by atoms with Crippen LogP contribution in [0.25, 0.3) is 0 Å². The first-order valence-electron chi connectivity index (χ1n) is 10.2. The third-order valence-electron chi connectivity index (χ3n) is 5.86. The van der Waals surface area contributed by atoms with Gasteiger partial charge in [-0.1, -0.05) is 42.0 Å². The fourth-order valence-electron chi connectivity index (χ4n) is 3.94. The zero-order chi connectivity index (χ0) is 21.0. The molecule has 5 nitrogen and oxygen atoms in total. The minimum absolute atomic E-state index is 0.00442. The number of rotatable bonds is 4. The largest absolute Gasteiger partial charge is 0.351 e. The topological polar surface area (TPSA) is 61.4 Å². The van der Waals surface area contributed by atoms with Crippen molar-refractivity contribution in [3.63, 3.8) is 0 Å². The maximum absolute atomic E-state index is 13.0. The van der Waals surface area contributed by atoms with Crippen LogP contribution in [0.15, 0.2) is 42.5 Å². The van der Waals surface area contributed by atoms with E-state index in [9.17, 15) is 9.59 Å². The molecule has 5 heteroatoms. The second-order valence-electron chi connectivity index (χ2n) is 8.44. The van der Waals surface area contributed by atoms with Crippen molar-refractivity contribution < 1.29 is 9.59 Å². The molecule has 0 unspecified atom stereocenters. The minimum atomic E-state index is -0.583. The molecule has 1 atom stereocenters. The molecule has 2 aromatic carbocycles. The van der Waals surface area contributed by atoms with Gasteiger partial charge in [0.2, 0.25) is 5.91 Å². The van der Waals surface area contributed by atoms with Crippen molar-refractivity contribution in [3.8, 4) is 0 Å². The van der Waals surface area contributed by atoms with E-state index in [0.717, 1.165) is 40.8 Å². The number of carbonyl (C=O) groups excluding carboxylic acids is 2. The van der Waals surface area contributed by atoms with Crippen LogP contribution in [0.5, 0.6) is 0 Å². The van der Waals surface area contributed by atoms with E-state index in [2.05, 4.69) is 16.7 Å². The molecule has 0 spiro atoms. The SMILES string of the molecule is Cc1ccc(NC(=O)N2CCC[C@@](C)(C(=O)NCc3ccccc3C)C2)c(C)c1. The molecular formula is C24H31N3O2. The first-order chi connectivity index (χ1) is 13.8. The Morgan fingerprint density at radius 2 is 1.83 bits per heavy atom. The van der Waals surface area contributed by atoms with Gasteiger partial charge in [-0.2, -0.15) is 0 Å². The first kappa shape index (κ1) is 20.9. The van der Waals surface area contributed by atoms with Crippen LogP contribution in [0.2, 0.25) is 0 Å². The molecule has 1 fully saturated rings. The van der Waals surface area contributed by atoms with Crippen molar-refractivity contribution in [2.75, 3.05) is 18.4 Å². The second kappa shape index (κ2) is 8.68.